The van der Waals surface area contributed by atoms with Crippen LogP contribution < -0.4 is 5.43 Å². The van der Waals surface area contributed by atoms with Crippen LogP contribution in [-0.2, 0) is 7.05 Å². The van der Waals surface area contributed by atoms with E-state index >= 15 is 0 Å². The Morgan fingerprint density at radius 1 is 1.03 bits per heavy atom. The van der Waals surface area contributed by atoms with Gasteiger partial charge in [0, 0.05) is 12.6 Å². The van der Waals surface area contributed by atoms with Crippen LogP contribution >= 0.6 is 0 Å². The van der Waals surface area contributed by atoms with E-state index in [1.165, 1.54) is 0 Å². The molecule has 3 heterocycles. The highest BCUT2D eigenvalue weighted by Crippen LogP contribution is 2.27. The number of nitrogens with zero attached hydrogens (tertiary/aromatic N) is 5. The van der Waals surface area contributed by atoms with Crippen LogP contribution in [0.1, 0.15) is 16.1 Å². The first-order chi connectivity index (χ1) is 14.1. The Morgan fingerprint density at radius 2 is 1.79 bits per heavy atom. The molecule has 0 fully saturated rings. The zero-order valence-corrected chi connectivity index (χ0v) is 16.0. The van der Waals surface area contributed by atoms with Crippen molar-refractivity contribution in [2.45, 2.75) is 6.92 Å². The number of aromatic nitrogens is 5. The van der Waals surface area contributed by atoms with Crippen molar-refractivity contribution in [1.82, 2.24) is 24.4 Å². The third kappa shape index (κ3) is 2.84. The Labute approximate surface area is 166 Å². The van der Waals surface area contributed by atoms with Gasteiger partial charge in [-0.1, -0.05) is 42.5 Å². The average molecular weight is 382 g/mol. The van der Waals surface area contributed by atoms with Crippen molar-refractivity contribution >= 4 is 28.0 Å². The summed E-state index contributed by atoms with van der Waals surface area (Å²) in [6.07, 6.45) is 1.61. The number of benzene rings is 2. The van der Waals surface area contributed by atoms with Gasteiger partial charge in [-0.05, 0) is 25.1 Å². The van der Waals surface area contributed by atoms with E-state index in [1.54, 1.807) is 15.7 Å². The van der Waals surface area contributed by atoms with Crippen LogP contribution in [0, 0.1) is 6.92 Å². The molecule has 2 aromatic carbocycles. The molecular weight excluding hydrogens is 364 g/mol. The number of carbonyl (C=O) groups excluding carboxylic acids is 1. The lowest BCUT2D eigenvalue weighted by Gasteiger charge is -2.10. The van der Waals surface area contributed by atoms with Crippen molar-refractivity contribution in [3.8, 4) is 11.3 Å². The van der Waals surface area contributed by atoms with Crippen molar-refractivity contribution in [3.63, 3.8) is 0 Å². The fourth-order valence-electron chi connectivity index (χ4n) is 3.60. The number of fused-ring (bicyclic) bond motifs is 2. The van der Waals surface area contributed by atoms with Gasteiger partial charge in [0.15, 0.2) is 5.65 Å². The summed E-state index contributed by atoms with van der Waals surface area (Å²) in [5.74, 6) is -0.242. The van der Waals surface area contributed by atoms with Gasteiger partial charge in [-0.25, -0.2) is 14.6 Å². The molecule has 0 aliphatic heterocycles. The summed E-state index contributed by atoms with van der Waals surface area (Å²) in [7, 11) is 1.84. The number of hydrogen-bond donors (Lipinski definition) is 1. The maximum Gasteiger partial charge on any atom is 0.271 e. The zero-order valence-electron chi connectivity index (χ0n) is 16.0. The van der Waals surface area contributed by atoms with Gasteiger partial charge in [0.2, 0.25) is 0 Å². The van der Waals surface area contributed by atoms with Crippen molar-refractivity contribution in [2.75, 3.05) is 5.43 Å². The molecule has 0 aliphatic carbocycles. The first-order valence-electron chi connectivity index (χ1n) is 9.25. The summed E-state index contributed by atoms with van der Waals surface area (Å²) < 4.78 is 3.35. The molecule has 3 aromatic heterocycles. The lowest BCUT2D eigenvalue weighted by atomic mass is 10.1. The van der Waals surface area contributed by atoms with Gasteiger partial charge in [0.1, 0.15) is 6.33 Å². The van der Waals surface area contributed by atoms with Crippen LogP contribution in [0.4, 0.5) is 0 Å². The summed E-state index contributed by atoms with van der Waals surface area (Å²) in [5.41, 5.74) is 8.20. The summed E-state index contributed by atoms with van der Waals surface area (Å²) >= 11 is 0. The van der Waals surface area contributed by atoms with Crippen LogP contribution in [-0.4, -0.2) is 30.3 Å². The second-order valence-electron chi connectivity index (χ2n) is 6.87. The zero-order chi connectivity index (χ0) is 20.0. The van der Waals surface area contributed by atoms with Gasteiger partial charge in [-0.15, -0.1) is 0 Å². The lowest BCUT2D eigenvalue weighted by molar-refractivity contribution is 0.101. The Kier molecular flexibility index (Phi) is 3.87. The van der Waals surface area contributed by atoms with Crippen LogP contribution in [0.5, 0.6) is 0 Å². The molecule has 0 spiro atoms. The summed E-state index contributed by atoms with van der Waals surface area (Å²) in [5, 5.41) is 5.21. The predicted molar refractivity (Wildman–Crippen MR) is 112 cm³/mol. The molecule has 7 nitrogen and oxygen atoms in total. The standard InChI is InChI=1S/C22H18N6O/c1-14-20-16(22(29)26-28-13-23-17-10-6-7-11-19(17)28)12-18(15-8-4-3-5-9-15)24-21(20)27(2)25-14/h3-13H,1-2H3,(H,26,29). The van der Waals surface area contributed by atoms with E-state index in [-0.39, 0.29) is 5.91 Å². The van der Waals surface area contributed by atoms with Gasteiger partial charge < -0.3 is 0 Å². The van der Waals surface area contributed by atoms with E-state index in [4.69, 9.17) is 4.98 Å². The number of rotatable bonds is 3. The third-order valence-electron chi connectivity index (χ3n) is 4.96. The minimum absolute atomic E-state index is 0.242. The van der Waals surface area contributed by atoms with E-state index in [2.05, 4.69) is 15.5 Å². The minimum atomic E-state index is -0.242. The first kappa shape index (κ1) is 17.1. The van der Waals surface area contributed by atoms with Crippen LogP contribution in [0.3, 0.4) is 0 Å². The Morgan fingerprint density at radius 3 is 2.62 bits per heavy atom. The Balaban J connectivity index is 1.65. The van der Waals surface area contributed by atoms with Gasteiger partial charge in [0.25, 0.3) is 5.91 Å². The number of hydrogen-bond acceptors (Lipinski definition) is 4. The Bertz CT molecular complexity index is 1370. The number of pyridine rings is 1. The quantitative estimate of drug-likeness (QED) is 0.516. The normalized spacial score (nSPS) is 11.2. The molecule has 29 heavy (non-hydrogen) atoms. The smallest absolute Gasteiger partial charge is 0.267 e. The van der Waals surface area contributed by atoms with Gasteiger partial charge in [-0.2, -0.15) is 5.10 Å². The topological polar surface area (TPSA) is 77.6 Å². The van der Waals surface area contributed by atoms with E-state index in [1.807, 2.05) is 74.6 Å². The van der Waals surface area contributed by atoms with Gasteiger partial charge in [0.05, 0.1) is 33.4 Å². The maximum atomic E-state index is 13.3. The van der Waals surface area contributed by atoms with E-state index in [0.29, 0.717) is 11.2 Å². The van der Waals surface area contributed by atoms with Crippen molar-refractivity contribution in [1.29, 1.82) is 0 Å². The molecule has 0 aliphatic rings. The fraction of sp³-hybridized carbons (Fsp3) is 0.0909. The SMILES string of the molecule is Cc1nn(C)c2nc(-c3ccccc3)cc(C(=O)Nn3cnc4ccccc43)c12. The molecule has 0 saturated carbocycles. The number of imidazole rings is 1. The molecule has 1 N–H and O–H groups in total. The first-order valence-corrected chi connectivity index (χ1v) is 9.25. The molecule has 7 heteroatoms. The van der Waals surface area contributed by atoms with E-state index < -0.39 is 0 Å². The van der Waals surface area contributed by atoms with Gasteiger partial charge >= 0.3 is 0 Å². The third-order valence-corrected chi connectivity index (χ3v) is 4.96. The molecule has 0 bridgehead atoms. The van der Waals surface area contributed by atoms with Crippen LogP contribution in [0.2, 0.25) is 0 Å². The summed E-state index contributed by atoms with van der Waals surface area (Å²) in [4.78, 5) is 22.4. The molecule has 5 rings (SSSR count). The maximum absolute atomic E-state index is 13.3. The molecule has 0 atom stereocenters. The second kappa shape index (κ2) is 6.56. The predicted octanol–water partition coefficient (Wildman–Crippen LogP) is 3.68. The highest BCUT2D eigenvalue weighted by molar-refractivity contribution is 6.11. The molecule has 0 unspecified atom stereocenters. The molecule has 5 aromatic rings. The highest BCUT2D eigenvalue weighted by Gasteiger charge is 2.20. The number of para-hydroxylation sites is 2. The second-order valence-corrected chi connectivity index (χ2v) is 6.87. The minimum Gasteiger partial charge on any atom is -0.267 e. The number of amides is 1. The van der Waals surface area contributed by atoms with E-state index in [9.17, 15) is 4.79 Å². The molecule has 0 radical (unpaired) electrons. The average Bonchev–Trinajstić information content (AvgIpc) is 3.28. The van der Waals surface area contributed by atoms with Crippen molar-refractivity contribution < 1.29 is 4.79 Å². The van der Waals surface area contributed by atoms with Gasteiger partial charge in [-0.3, -0.25) is 14.9 Å². The molecule has 1 amide bonds. The molecule has 142 valence electrons. The monoisotopic (exact) mass is 382 g/mol. The van der Waals surface area contributed by atoms with Crippen molar-refractivity contribution in [3.05, 3.63) is 78.2 Å². The lowest BCUT2D eigenvalue weighted by Crippen LogP contribution is -2.22. The summed E-state index contributed by atoms with van der Waals surface area (Å²) in [6, 6.07) is 19.3. The largest absolute Gasteiger partial charge is 0.271 e. The fourth-order valence-corrected chi connectivity index (χ4v) is 3.60. The number of aryl methyl sites for hydroxylation is 2. The van der Waals surface area contributed by atoms with Crippen LogP contribution in [0.25, 0.3) is 33.3 Å². The Hall–Kier alpha value is -4.00. The highest BCUT2D eigenvalue weighted by atomic mass is 16.2. The molecule has 0 saturated heterocycles. The van der Waals surface area contributed by atoms with Crippen LogP contribution in [0.15, 0.2) is 67.0 Å². The number of nitrogens with one attached hydrogen (secondary N) is 1. The van der Waals surface area contributed by atoms with E-state index in [0.717, 1.165) is 33.4 Å². The van der Waals surface area contributed by atoms with Crippen molar-refractivity contribution in [2.24, 2.45) is 7.05 Å². The number of carbonyl (C=O) groups is 1. The summed E-state index contributed by atoms with van der Waals surface area (Å²) in [6.45, 7) is 1.88. The molecular formula is C22H18N6O.